The summed E-state index contributed by atoms with van der Waals surface area (Å²) in [6, 6.07) is 8.97. The van der Waals surface area contributed by atoms with E-state index in [9.17, 15) is 18.5 Å². The molecule has 0 heterocycles. The molecule has 0 aliphatic rings. The van der Waals surface area contributed by atoms with Gasteiger partial charge >= 0.3 is 0 Å². The molecule has 116 valence electrons. The van der Waals surface area contributed by atoms with Gasteiger partial charge in [-0.2, -0.15) is 0 Å². The molecule has 0 aliphatic carbocycles. The fraction of sp³-hybridized carbons (Fsp3) is 0.200. The lowest BCUT2D eigenvalue weighted by atomic mass is 10.1. The zero-order valence-corrected chi connectivity index (χ0v) is 13.3. The number of anilines is 1. The van der Waals surface area contributed by atoms with Crippen molar-refractivity contribution in [3.63, 3.8) is 0 Å². The Kier molecular flexibility index (Phi) is 4.18. The van der Waals surface area contributed by atoms with E-state index in [-0.39, 0.29) is 10.6 Å². The molecule has 0 fully saturated rings. The van der Waals surface area contributed by atoms with Crippen LogP contribution in [0.5, 0.6) is 0 Å². The Morgan fingerprint density at radius 1 is 0.955 bits per heavy atom. The van der Waals surface area contributed by atoms with Gasteiger partial charge in [0.15, 0.2) is 0 Å². The van der Waals surface area contributed by atoms with Crippen molar-refractivity contribution in [2.45, 2.75) is 25.7 Å². The highest BCUT2D eigenvalue weighted by atomic mass is 32.2. The van der Waals surface area contributed by atoms with Crippen LogP contribution in [0.4, 0.5) is 11.4 Å². The summed E-state index contributed by atoms with van der Waals surface area (Å²) in [6.45, 7) is 5.41. The van der Waals surface area contributed by atoms with E-state index in [0.29, 0.717) is 11.3 Å². The Morgan fingerprint density at radius 3 is 2.18 bits per heavy atom. The van der Waals surface area contributed by atoms with Crippen molar-refractivity contribution in [2.75, 3.05) is 4.72 Å². The van der Waals surface area contributed by atoms with Crippen molar-refractivity contribution >= 4 is 21.4 Å². The van der Waals surface area contributed by atoms with Crippen molar-refractivity contribution in [1.29, 1.82) is 0 Å². The molecule has 2 aromatic carbocycles. The number of non-ortho nitro benzene ring substituents is 1. The van der Waals surface area contributed by atoms with Gasteiger partial charge in [0.05, 0.1) is 9.82 Å². The second-order valence-electron chi connectivity index (χ2n) is 5.11. The van der Waals surface area contributed by atoms with E-state index in [1.165, 1.54) is 12.1 Å². The summed E-state index contributed by atoms with van der Waals surface area (Å²) in [5.74, 6) is 0. The number of aryl methyl sites for hydroxylation is 3. The second-order valence-corrected chi connectivity index (χ2v) is 6.76. The van der Waals surface area contributed by atoms with Crippen molar-refractivity contribution in [2.24, 2.45) is 0 Å². The van der Waals surface area contributed by atoms with Crippen LogP contribution in [0.2, 0.25) is 0 Å². The molecule has 7 heteroatoms. The molecule has 0 aliphatic heterocycles. The van der Waals surface area contributed by atoms with Gasteiger partial charge in [-0.15, -0.1) is 0 Å². The Morgan fingerprint density at radius 2 is 1.59 bits per heavy atom. The molecular weight excluding hydrogens is 304 g/mol. The molecule has 6 nitrogen and oxygen atoms in total. The van der Waals surface area contributed by atoms with Crippen molar-refractivity contribution in [1.82, 2.24) is 0 Å². The van der Waals surface area contributed by atoms with Crippen LogP contribution in [0.25, 0.3) is 0 Å². The van der Waals surface area contributed by atoms with Gasteiger partial charge < -0.3 is 0 Å². The summed E-state index contributed by atoms with van der Waals surface area (Å²) in [5.41, 5.74) is 2.62. The minimum atomic E-state index is -3.88. The maximum Gasteiger partial charge on any atom is 0.270 e. The number of nitrogens with one attached hydrogen (secondary N) is 1. The summed E-state index contributed by atoms with van der Waals surface area (Å²) in [6.07, 6.45) is 0. The van der Waals surface area contributed by atoms with E-state index >= 15 is 0 Å². The van der Waals surface area contributed by atoms with E-state index in [4.69, 9.17) is 0 Å². The number of nitro groups is 1. The summed E-state index contributed by atoms with van der Waals surface area (Å²) in [5, 5.41) is 10.8. The number of sulfonamides is 1. The summed E-state index contributed by atoms with van der Waals surface area (Å²) < 4.78 is 27.4. The molecule has 0 saturated heterocycles. The molecule has 2 rings (SSSR count). The highest BCUT2D eigenvalue weighted by Gasteiger charge is 2.20. The molecule has 22 heavy (non-hydrogen) atoms. The number of hydrogen-bond acceptors (Lipinski definition) is 4. The topological polar surface area (TPSA) is 89.3 Å². The normalized spacial score (nSPS) is 11.2. The molecule has 0 spiro atoms. The number of nitrogens with zero attached hydrogens (tertiary/aromatic N) is 1. The van der Waals surface area contributed by atoms with Crippen LogP contribution in [-0.4, -0.2) is 13.3 Å². The monoisotopic (exact) mass is 320 g/mol. The maximum absolute atomic E-state index is 12.5. The maximum atomic E-state index is 12.5. The van der Waals surface area contributed by atoms with Gasteiger partial charge in [0.25, 0.3) is 15.7 Å². The average molecular weight is 320 g/mol. The molecule has 0 unspecified atom stereocenters. The summed E-state index contributed by atoms with van der Waals surface area (Å²) in [7, 11) is -3.88. The van der Waals surface area contributed by atoms with Crippen LogP contribution in [0.15, 0.2) is 41.3 Å². The van der Waals surface area contributed by atoms with Crippen LogP contribution in [-0.2, 0) is 10.0 Å². The van der Waals surface area contributed by atoms with E-state index in [1.807, 2.05) is 19.9 Å². The largest absolute Gasteiger partial charge is 0.280 e. The highest BCUT2D eigenvalue weighted by molar-refractivity contribution is 7.92. The lowest BCUT2D eigenvalue weighted by molar-refractivity contribution is -0.385. The second kappa shape index (κ2) is 5.76. The first-order valence-electron chi connectivity index (χ1n) is 6.56. The summed E-state index contributed by atoms with van der Waals surface area (Å²) >= 11 is 0. The molecule has 0 amide bonds. The van der Waals surface area contributed by atoms with Gasteiger partial charge in [0.1, 0.15) is 0 Å². The van der Waals surface area contributed by atoms with Gasteiger partial charge in [-0.1, -0.05) is 12.1 Å². The van der Waals surface area contributed by atoms with Gasteiger partial charge in [0, 0.05) is 17.8 Å². The molecule has 2 aromatic rings. The minimum Gasteiger partial charge on any atom is -0.280 e. The fourth-order valence-electron chi connectivity index (χ4n) is 2.01. The molecule has 0 saturated carbocycles. The third kappa shape index (κ3) is 3.25. The van der Waals surface area contributed by atoms with Gasteiger partial charge in [-0.05, 0) is 49.6 Å². The standard InChI is InChI=1S/C15H16N2O4S/c1-10-4-6-13(8-12(10)3)16-22(20,21)15-9-14(17(18)19)7-5-11(15)2/h4-9,16H,1-3H3. The number of benzene rings is 2. The van der Waals surface area contributed by atoms with E-state index in [0.717, 1.165) is 17.2 Å². The third-order valence-electron chi connectivity index (χ3n) is 3.43. The lowest BCUT2D eigenvalue weighted by Gasteiger charge is -2.11. The Balaban J connectivity index is 2.44. The van der Waals surface area contributed by atoms with E-state index < -0.39 is 14.9 Å². The zero-order valence-electron chi connectivity index (χ0n) is 12.5. The first kappa shape index (κ1) is 16.0. The third-order valence-corrected chi connectivity index (χ3v) is 4.95. The Bertz CT molecular complexity index is 845. The molecule has 0 bridgehead atoms. The van der Waals surface area contributed by atoms with Gasteiger partial charge in [-0.3, -0.25) is 14.8 Å². The smallest absolute Gasteiger partial charge is 0.270 e. The van der Waals surface area contributed by atoms with E-state index in [2.05, 4.69) is 4.72 Å². The quantitative estimate of drug-likeness (QED) is 0.691. The van der Waals surface area contributed by atoms with Crippen molar-refractivity contribution in [3.8, 4) is 0 Å². The van der Waals surface area contributed by atoms with E-state index in [1.54, 1.807) is 19.1 Å². The van der Waals surface area contributed by atoms with Crippen LogP contribution < -0.4 is 4.72 Å². The molecule has 0 aromatic heterocycles. The van der Waals surface area contributed by atoms with Crippen LogP contribution in [0.1, 0.15) is 16.7 Å². The van der Waals surface area contributed by atoms with Gasteiger partial charge in [-0.25, -0.2) is 8.42 Å². The van der Waals surface area contributed by atoms with Crippen molar-refractivity contribution in [3.05, 3.63) is 63.2 Å². The SMILES string of the molecule is Cc1ccc(NS(=O)(=O)c2cc([N+](=O)[O-])ccc2C)cc1C. The molecule has 0 radical (unpaired) electrons. The van der Waals surface area contributed by atoms with Gasteiger partial charge in [0.2, 0.25) is 0 Å². The molecular formula is C15H16N2O4S. The molecule has 1 N–H and O–H groups in total. The Labute approximate surface area is 129 Å². The number of nitro benzene ring substituents is 1. The minimum absolute atomic E-state index is 0.0973. The van der Waals surface area contributed by atoms with Crippen LogP contribution >= 0.6 is 0 Å². The first-order chi connectivity index (χ1) is 10.2. The zero-order chi connectivity index (χ0) is 16.5. The predicted octanol–water partition coefficient (Wildman–Crippen LogP) is 3.32. The summed E-state index contributed by atoms with van der Waals surface area (Å²) in [4.78, 5) is 10.1. The van der Waals surface area contributed by atoms with Crippen molar-refractivity contribution < 1.29 is 13.3 Å². The number of rotatable bonds is 4. The predicted molar refractivity (Wildman–Crippen MR) is 84.6 cm³/mol. The fourth-order valence-corrected chi connectivity index (χ4v) is 3.32. The lowest BCUT2D eigenvalue weighted by Crippen LogP contribution is -2.14. The highest BCUT2D eigenvalue weighted by Crippen LogP contribution is 2.24. The average Bonchev–Trinajstić information content (AvgIpc) is 2.42. The molecule has 0 atom stereocenters. The van der Waals surface area contributed by atoms with Crippen LogP contribution in [0, 0.1) is 30.9 Å². The number of hydrogen-bond donors (Lipinski definition) is 1. The van der Waals surface area contributed by atoms with Crippen LogP contribution in [0.3, 0.4) is 0 Å². The first-order valence-corrected chi connectivity index (χ1v) is 8.04. The Hall–Kier alpha value is -2.41.